The number of rotatable bonds is 4. The van der Waals surface area contributed by atoms with Gasteiger partial charge in [-0.2, -0.15) is 0 Å². The predicted molar refractivity (Wildman–Crippen MR) is 126 cm³/mol. The zero-order valence-corrected chi connectivity index (χ0v) is 18.4. The molecule has 32 heavy (non-hydrogen) atoms. The number of anilines is 2. The third-order valence-electron chi connectivity index (χ3n) is 6.51. The predicted octanol–water partition coefficient (Wildman–Crippen LogP) is 4.35. The molecule has 3 aromatic rings. The van der Waals surface area contributed by atoms with Crippen LogP contribution in [0.4, 0.5) is 11.5 Å². The van der Waals surface area contributed by atoms with Gasteiger partial charge in [0.25, 0.3) is 0 Å². The normalized spacial score (nSPS) is 18.2. The molecular formula is C26H28N4O2. The number of carbonyl (C=O) groups is 1. The van der Waals surface area contributed by atoms with Gasteiger partial charge in [0.1, 0.15) is 5.75 Å². The van der Waals surface area contributed by atoms with E-state index in [9.17, 15) is 4.79 Å². The highest BCUT2D eigenvalue weighted by molar-refractivity contribution is 5.96. The molecule has 1 aromatic heterocycles. The number of nitrogens with zero attached hydrogens (tertiary/aromatic N) is 4. The number of methoxy groups -OCH3 is 1. The minimum Gasteiger partial charge on any atom is -0.497 e. The topological polar surface area (TPSA) is 58.6 Å². The van der Waals surface area contributed by atoms with Gasteiger partial charge in [0.2, 0.25) is 5.91 Å². The number of fused-ring (bicyclic) bond motifs is 1. The van der Waals surface area contributed by atoms with E-state index in [0.717, 1.165) is 67.3 Å². The smallest absolute Gasteiger partial charge is 0.231 e. The van der Waals surface area contributed by atoms with Crippen molar-refractivity contribution in [3.8, 4) is 17.0 Å². The molecule has 0 N–H and O–H groups in total. The molecular weight excluding hydrogens is 400 g/mol. The fraction of sp³-hybridized carbons (Fsp3) is 0.346. The third-order valence-corrected chi connectivity index (χ3v) is 6.51. The van der Waals surface area contributed by atoms with Gasteiger partial charge in [-0.05, 0) is 73.7 Å². The summed E-state index contributed by atoms with van der Waals surface area (Å²) in [6.45, 7) is 2.40. The van der Waals surface area contributed by atoms with Gasteiger partial charge < -0.3 is 14.5 Å². The van der Waals surface area contributed by atoms with Crippen molar-refractivity contribution in [2.75, 3.05) is 36.5 Å². The largest absolute Gasteiger partial charge is 0.497 e. The Morgan fingerprint density at radius 2 is 1.81 bits per heavy atom. The van der Waals surface area contributed by atoms with E-state index in [0.29, 0.717) is 6.54 Å². The SMILES string of the molecule is COc1ccc(-c2ccc(N3CCCC(C(=O)N4CCCc5ccccc54)C3)nn2)cc1. The van der Waals surface area contributed by atoms with E-state index in [-0.39, 0.29) is 11.8 Å². The van der Waals surface area contributed by atoms with Crippen LogP contribution < -0.4 is 14.5 Å². The second-order valence-corrected chi connectivity index (χ2v) is 8.51. The van der Waals surface area contributed by atoms with Crippen LogP contribution in [0.1, 0.15) is 24.8 Å². The van der Waals surface area contributed by atoms with Crippen molar-refractivity contribution in [3.63, 3.8) is 0 Å². The van der Waals surface area contributed by atoms with Crippen LogP contribution in [0.5, 0.6) is 5.75 Å². The van der Waals surface area contributed by atoms with Crippen LogP contribution >= 0.6 is 0 Å². The number of hydrogen-bond donors (Lipinski definition) is 0. The number of amides is 1. The highest BCUT2D eigenvalue weighted by atomic mass is 16.5. The molecule has 6 nitrogen and oxygen atoms in total. The quantitative estimate of drug-likeness (QED) is 0.618. The Morgan fingerprint density at radius 1 is 0.969 bits per heavy atom. The lowest BCUT2D eigenvalue weighted by atomic mass is 9.94. The molecule has 0 aliphatic carbocycles. The lowest BCUT2D eigenvalue weighted by Crippen LogP contribution is -2.46. The van der Waals surface area contributed by atoms with Crippen molar-refractivity contribution in [1.82, 2.24) is 10.2 Å². The number of ether oxygens (including phenoxy) is 1. The molecule has 0 radical (unpaired) electrons. The minimum absolute atomic E-state index is 0.0158. The average Bonchev–Trinajstić information content (AvgIpc) is 2.88. The monoisotopic (exact) mass is 428 g/mol. The summed E-state index contributed by atoms with van der Waals surface area (Å²) in [7, 11) is 1.66. The first-order valence-electron chi connectivity index (χ1n) is 11.4. The maximum atomic E-state index is 13.4. The van der Waals surface area contributed by atoms with Gasteiger partial charge in [-0.15, -0.1) is 10.2 Å². The molecule has 5 rings (SSSR count). The zero-order valence-electron chi connectivity index (χ0n) is 18.4. The van der Waals surface area contributed by atoms with Gasteiger partial charge in [-0.1, -0.05) is 18.2 Å². The Balaban J connectivity index is 1.29. The summed E-state index contributed by atoms with van der Waals surface area (Å²) >= 11 is 0. The molecule has 2 aromatic carbocycles. The second kappa shape index (κ2) is 8.99. The Bertz CT molecular complexity index is 1080. The lowest BCUT2D eigenvalue weighted by molar-refractivity contribution is -0.122. The van der Waals surface area contributed by atoms with E-state index in [1.165, 1.54) is 5.56 Å². The van der Waals surface area contributed by atoms with Crippen LogP contribution in [0.25, 0.3) is 11.3 Å². The standard InChI is InChI=1S/C26H28N4O2/c1-32-22-12-10-19(11-13-22)23-14-15-25(28-27-23)29-16-4-8-21(18-29)26(31)30-17-5-7-20-6-2-3-9-24(20)30/h2-3,6,9-15,21H,4-5,7-8,16-18H2,1H3. The number of benzene rings is 2. The maximum absolute atomic E-state index is 13.4. The molecule has 1 amide bonds. The van der Waals surface area contributed by atoms with Crippen LogP contribution in [-0.2, 0) is 11.2 Å². The molecule has 0 saturated carbocycles. The first-order valence-corrected chi connectivity index (χ1v) is 11.4. The summed E-state index contributed by atoms with van der Waals surface area (Å²) in [5, 5.41) is 8.92. The van der Waals surface area contributed by atoms with Crippen molar-refractivity contribution >= 4 is 17.4 Å². The van der Waals surface area contributed by atoms with Crippen molar-refractivity contribution < 1.29 is 9.53 Å². The molecule has 1 atom stereocenters. The number of aromatic nitrogens is 2. The van der Waals surface area contributed by atoms with Gasteiger partial charge >= 0.3 is 0 Å². The summed E-state index contributed by atoms with van der Waals surface area (Å²) in [4.78, 5) is 17.6. The number of hydrogen-bond acceptors (Lipinski definition) is 5. The average molecular weight is 429 g/mol. The van der Waals surface area contributed by atoms with E-state index < -0.39 is 0 Å². The van der Waals surface area contributed by atoms with Crippen LogP contribution in [-0.4, -0.2) is 42.8 Å². The molecule has 3 heterocycles. The summed E-state index contributed by atoms with van der Waals surface area (Å²) < 4.78 is 5.22. The molecule has 164 valence electrons. The van der Waals surface area contributed by atoms with Crippen molar-refractivity contribution in [1.29, 1.82) is 0 Å². The molecule has 0 spiro atoms. The number of aryl methyl sites for hydroxylation is 1. The van der Waals surface area contributed by atoms with Crippen LogP contribution in [0.3, 0.4) is 0 Å². The molecule has 1 unspecified atom stereocenters. The van der Waals surface area contributed by atoms with E-state index in [1.54, 1.807) is 7.11 Å². The van der Waals surface area contributed by atoms with Crippen molar-refractivity contribution in [2.24, 2.45) is 5.92 Å². The maximum Gasteiger partial charge on any atom is 0.231 e. The first-order chi connectivity index (χ1) is 15.7. The molecule has 0 bridgehead atoms. The number of carbonyl (C=O) groups excluding carboxylic acids is 1. The molecule has 2 aliphatic heterocycles. The fourth-order valence-electron chi connectivity index (χ4n) is 4.78. The fourth-order valence-corrected chi connectivity index (χ4v) is 4.78. The Kier molecular flexibility index (Phi) is 5.75. The Labute approximate surface area is 188 Å². The highest BCUT2D eigenvalue weighted by Gasteiger charge is 2.32. The van der Waals surface area contributed by atoms with Crippen LogP contribution in [0.2, 0.25) is 0 Å². The van der Waals surface area contributed by atoms with Gasteiger partial charge in [0, 0.05) is 30.9 Å². The van der Waals surface area contributed by atoms with Crippen LogP contribution in [0.15, 0.2) is 60.7 Å². The Hall–Kier alpha value is -3.41. The van der Waals surface area contributed by atoms with Gasteiger partial charge in [-0.25, -0.2) is 0 Å². The van der Waals surface area contributed by atoms with Gasteiger partial charge in [0.05, 0.1) is 18.7 Å². The number of para-hydroxylation sites is 1. The molecule has 1 saturated heterocycles. The molecule has 2 aliphatic rings. The highest BCUT2D eigenvalue weighted by Crippen LogP contribution is 2.31. The summed E-state index contributed by atoms with van der Waals surface area (Å²) in [6, 6.07) is 20.1. The van der Waals surface area contributed by atoms with Crippen molar-refractivity contribution in [3.05, 3.63) is 66.2 Å². The van der Waals surface area contributed by atoms with E-state index in [1.807, 2.05) is 47.4 Å². The Morgan fingerprint density at radius 3 is 2.59 bits per heavy atom. The van der Waals surface area contributed by atoms with Gasteiger partial charge in [-0.3, -0.25) is 4.79 Å². The third kappa shape index (κ3) is 4.05. The van der Waals surface area contributed by atoms with E-state index in [2.05, 4.69) is 33.3 Å². The first kappa shape index (κ1) is 20.5. The van der Waals surface area contributed by atoms with E-state index >= 15 is 0 Å². The number of piperidine rings is 1. The van der Waals surface area contributed by atoms with Gasteiger partial charge in [0.15, 0.2) is 5.82 Å². The van der Waals surface area contributed by atoms with E-state index in [4.69, 9.17) is 4.74 Å². The van der Waals surface area contributed by atoms with Crippen molar-refractivity contribution in [2.45, 2.75) is 25.7 Å². The summed E-state index contributed by atoms with van der Waals surface area (Å²) in [5.74, 6) is 1.88. The molecule has 1 fully saturated rings. The summed E-state index contributed by atoms with van der Waals surface area (Å²) in [6.07, 6.45) is 3.98. The zero-order chi connectivity index (χ0) is 21.9. The minimum atomic E-state index is -0.0158. The second-order valence-electron chi connectivity index (χ2n) is 8.51. The lowest BCUT2D eigenvalue weighted by Gasteiger charge is -2.37. The molecule has 6 heteroatoms. The summed E-state index contributed by atoms with van der Waals surface area (Å²) in [5.41, 5.74) is 4.19. The van der Waals surface area contributed by atoms with Crippen LogP contribution in [0, 0.1) is 5.92 Å².